The molecule has 4 fully saturated rings. The number of benzene rings is 1. The molecule has 4 aliphatic rings. The molecule has 9 nitrogen and oxygen atoms in total. The minimum atomic E-state index is -2.71. The van der Waals surface area contributed by atoms with Crippen LogP contribution in [-0.4, -0.2) is 75.5 Å². The molecular weight excluding hydrogens is 562 g/mol. The Morgan fingerprint density at radius 2 is 1.98 bits per heavy atom. The van der Waals surface area contributed by atoms with Gasteiger partial charge in [-0.25, -0.2) is 13.5 Å². The summed E-state index contributed by atoms with van der Waals surface area (Å²) in [4.78, 5) is 17.5. The van der Waals surface area contributed by atoms with Crippen molar-refractivity contribution in [1.82, 2.24) is 15.1 Å². The van der Waals surface area contributed by atoms with Crippen LogP contribution in [-0.2, 0) is 20.3 Å². The zero-order chi connectivity index (χ0) is 28.2. The van der Waals surface area contributed by atoms with Gasteiger partial charge in [-0.15, -0.1) is 0 Å². The molecule has 6 rings (SSSR count). The van der Waals surface area contributed by atoms with E-state index in [1.54, 1.807) is 18.2 Å². The van der Waals surface area contributed by atoms with Crippen LogP contribution in [0.5, 0.6) is 0 Å². The SMILES string of the molecule is Cc1cc(N2CC(S(=O)c3ccc(N4CC(F)(F)C4)cc3Cl)CC2C(=O)NC2(C#N)CC2)n(C2CCOCC2)n1. The third-order valence-corrected chi connectivity index (χ3v) is 10.4. The maximum absolute atomic E-state index is 13.9. The predicted octanol–water partition coefficient (Wildman–Crippen LogP) is 3.58. The first-order valence-corrected chi connectivity index (χ1v) is 15.1. The van der Waals surface area contributed by atoms with Gasteiger partial charge in [0.15, 0.2) is 0 Å². The Balaban J connectivity index is 1.27. The van der Waals surface area contributed by atoms with Crippen LogP contribution < -0.4 is 15.1 Å². The fraction of sp³-hybridized carbons (Fsp3) is 0.593. The number of hydrogen-bond donors (Lipinski definition) is 1. The number of nitrogens with zero attached hydrogens (tertiary/aromatic N) is 5. The molecule has 3 saturated heterocycles. The van der Waals surface area contributed by atoms with Gasteiger partial charge in [-0.2, -0.15) is 10.4 Å². The Bertz CT molecular complexity index is 1380. The van der Waals surface area contributed by atoms with Gasteiger partial charge in [-0.05, 0) is 57.2 Å². The Kier molecular flexibility index (Phi) is 7.04. The number of aryl methyl sites for hydroxylation is 1. The predicted molar refractivity (Wildman–Crippen MR) is 146 cm³/mol. The van der Waals surface area contributed by atoms with E-state index < -0.39 is 33.6 Å². The van der Waals surface area contributed by atoms with Crippen molar-refractivity contribution in [3.05, 3.63) is 35.0 Å². The minimum absolute atomic E-state index is 0.121. The number of hydrogen-bond acceptors (Lipinski definition) is 7. The van der Waals surface area contributed by atoms with E-state index in [1.165, 1.54) is 4.90 Å². The van der Waals surface area contributed by atoms with Gasteiger partial charge in [0.2, 0.25) is 5.91 Å². The first-order chi connectivity index (χ1) is 19.1. The number of carbonyl (C=O) groups is 1. The number of halogens is 3. The topological polar surface area (TPSA) is 103 Å². The number of carbonyl (C=O) groups excluding carboxylic acids is 1. The Morgan fingerprint density at radius 1 is 1.25 bits per heavy atom. The Hall–Kier alpha value is -2.75. The van der Waals surface area contributed by atoms with Gasteiger partial charge in [-0.1, -0.05) is 11.6 Å². The summed E-state index contributed by atoms with van der Waals surface area (Å²) in [7, 11) is -1.57. The average molecular weight is 593 g/mol. The highest BCUT2D eigenvalue weighted by atomic mass is 35.5. The van der Waals surface area contributed by atoms with E-state index in [9.17, 15) is 23.0 Å². The molecule has 0 radical (unpaired) electrons. The maximum Gasteiger partial charge on any atom is 0.282 e. The molecule has 3 aliphatic heterocycles. The van der Waals surface area contributed by atoms with Crippen LogP contribution in [0, 0.1) is 18.3 Å². The molecule has 0 spiro atoms. The summed E-state index contributed by atoms with van der Waals surface area (Å²) in [6.45, 7) is 2.76. The summed E-state index contributed by atoms with van der Waals surface area (Å²) >= 11 is 6.53. The van der Waals surface area contributed by atoms with Crippen LogP contribution in [0.4, 0.5) is 20.3 Å². The molecule has 4 heterocycles. The molecule has 3 unspecified atom stereocenters. The summed E-state index contributed by atoms with van der Waals surface area (Å²) in [5.41, 5.74) is 0.545. The van der Waals surface area contributed by atoms with Gasteiger partial charge in [0.1, 0.15) is 17.4 Å². The van der Waals surface area contributed by atoms with Crippen molar-refractivity contribution in [2.45, 2.75) is 72.7 Å². The Morgan fingerprint density at radius 3 is 2.60 bits per heavy atom. The highest BCUT2D eigenvalue weighted by molar-refractivity contribution is 7.85. The van der Waals surface area contributed by atoms with Crippen molar-refractivity contribution in [2.75, 3.05) is 42.6 Å². The van der Waals surface area contributed by atoms with Gasteiger partial charge in [0.05, 0.1) is 56.9 Å². The van der Waals surface area contributed by atoms with E-state index >= 15 is 0 Å². The van der Waals surface area contributed by atoms with Crippen molar-refractivity contribution < 1.29 is 22.5 Å². The molecule has 1 amide bonds. The van der Waals surface area contributed by atoms with Gasteiger partial charge in [-0.3, -0.25) is 9.00 Å². The third kappa shape index (κ3) is 5.19. The molecule has 1 saturated carbocycles. The molecule has 1 aromatic heterocycles. The number of nitriles is 1. The maximum atomic E-state index is 13.9. The summed E-state index contributed by atoms with van der Waals surface area (Å²) in [6.07, 6.45) is 3.13. The zero-order valence-corrected chi connectivity index (χ0v) is 23.7. The first kappa shape index (κ1) is 27.4. The molecule has 2 aromatic rings. The highest BCUT2D eigenvalue weighted by Crippen LogP contribution is 2.39. The van der Waals surface area contributed by atoms with Crippen molar-refractivity contribution in [3.8, 4) is 6.07 Å². The lowest BCUT2D eigenvalue weighted by Gasteiger charge is -2.40. The molecule has 40 heavy (non-hydrogen) atoms. The Labute approximate surface area is 238 Å². The number of anilines is 2. The fourth-order valence-corrected chi connectivity index (χ4v) is 7.67. The molecule has 3 atom stereocenters. The number of aromatic nitrogens is 2. The van der Waals surface area contributed by atoms with E-state index in [4.69, 9.17) is 21.4 Å². The van der Waals surface area contributed by atoms with Crippen LogP contribution in [0.1, 0.15) is 43.8 Å². The van der Waals surface area contributed by atoms with Crippen LogP contribution in [0.3, 0.4) is 0 Å². The van der Waals surface area contributed by atoms with E-state index in [2.05, 4.69) is 11.4 Å². The third-order valence-electron chi connectivity index (χ3n) is 8.21. The van der Waals surface area contributed by atoms with Crippen molar-refractivity contribution >= 4 is 39.8 Å². The molecule has 214 valence electrons. The molecule has 1 aliphatic carbocycles. The largest absolute Gasteiger partial charge is 0.381 e. The standard InChI is InChI=1S/C27H31ClF2N6O3S/c1-17-10-24(36(33-17)18-4-8-39-9-5-18)35-13-20(12-22(35)25(37)32-26(14-31)6-7-26)40(38)23-3-2-19(11-21(23)28)34-15-27(29,30)16-34/h2-3,10-11,18,20,22H,4-9,12-13,15-16H2,1H3,(H,32,37). The van der Waals surface area contributed by atoms with E-state index in [0.29, 0.717) is 49.6 Å². The normalized spacial score (nSPS) is 26.2. The van der Waals surface area contributed by atoms with Crippen LogP contribution in [0.2, 0.25) is 5.02 Å². The monoisotopic (exact) mass is 592 g/mol. The lowest BCUT2D eigenvalue weighted by atomic mass is 10.1. The summed E-state index contributed by atoms with van der Waals surface area (Å²) in [5.74, 6) is -2.20. The second-order valence-electron chi connectivity index (χ2n) is 11.3. The van der Waals surface area contributed by atoms with E-state index in [0.717, 1.165) is 24.4 Å². The van der Waals surface area contributed by atoms with Crippen LogP contribution >= 0.6 is 11.6 Å². The lowest BCUT2D eigenvalue weighted by molar-refractivity contribution is -0.122. The number of nitrogens with one attached hydrogen (secondary N) is 1. The molecule has 1 N–H and O–H groups in total. The van der Waals surface area contributed by atoms with Gasteiger partial charge >= 0.3 is 0 Å². The molecule has 13 heteroatoms. The molecule has 0 bridgehead atoms. The quantitative estimate of drug-likeness (QED) is 0.524. The molecular formula is C27H31ClF2N6O3S. The second kappa shape index (κ2) is 10.3. The summed E-state index contributed by atoms with van der Waals surface area (Å²) < 4.78 is 48.1. The number of alkyl halides is 2. The van der Waals surface area contributed by atoms with Gasteiger partial charge in [0, 0.05) is 31.5 Å². The summed E-state index contributed by atoms with van der Waals surface area (Å²) in [6, 6.07) is 8.52. The average Bonchev–Trinajstić information content (AvgIpc) is 3.36. The number of rotatable bonds is 7. The number of ether oxygens (including phenoxy) is 1. The minimum Gasteiger partial charge on any atom is -0.381 e. The van der Waals surface area contributed by atoms with Crippen molar-refractivity contribution in [3.63, 3.8) is 0 Å². The van der Waals surface area contributed by atoms with E-state index in [-0.39, 0.29) is 30.1 Å². The zero-order valence-electron chi connectivity index (χ0n) is 22.1. The van der Waals surface area contributed by atoms with Gasteiger partial charge in [0.25, 0.3) is 5.92 Å². The fourth-order valence-electron chi connectivity index (χ4n) is 5.80. The van der Waals surface area contributed by atoms with Crippen molar-refractivity contribution in [1.29, 1.82) is 5.26 Å². The summed E-state index contributed by atoms with van der Waals surface area (Å²) in [5, 5.41) is 17.1. The smallest absolute Gasteiger partial charge is 0.282 e. The van der Waals surface area contributed by atoms with E-state index in [1.807, 2.05) is 22.6 Å². The lowest BCUT2D eigenvalue weighted by Crippen LogP contribution is -2.56. The highest BCUT2D eigenvalue weighted by Gasteiger charge is 2.49. The van der Waals surface area contributed by atoms with Gasteiger partial charge < -0.3 is 19.9 Å². The van der Waals surface area contributed by atoms with Crippen LogP contribution in [0.15, 0.2) is 29.2 Å². The van der Waals surface area contributed by atoms with Crippen LogP contribution in [0.25, 0.3) is 0 Å². The first-order valence-electron chi connectivity index (χ1n) is 13.5. The molecule has 1 aromatic carbocycles. The second-order valence-corrected chi connectivity index (χ2v) is 13.4. The number of amides is 1. The van der Waals surface area contributed by atoms with Crippen molar-refractivity contribution in [2.24, 2.45) is 0 Å².